The average molecular weight is 232 g/mol. The van der Waals surface area contributed by atoms with Gasteiger partial charge in [0.05, 0.1) is 6.61 Å². The molecule has 0 aromatic carbocycles. The minimum absolute atomic E-state index is 0.0349. The Hall–Kier alpha value is -0.410. The van der Waals surface area contributed by atoms with Crippen molar-refractivity contribution in [2.24, 2.45) is 5.92 Å². The summed E-state index contributed by atoms with van der Waals surface area (Å²) < 4.78 is 14.9. The summed E-state index contributed by atoms with van der Waals surface area (Å²) >= 11 is 0. The van der Waals surface area contributed by atoms with Gasteiger partial charge in [0.2, 0.25) is 0 Å². The Bertz CT molecular complexity index is 315. The topological polar surface area (TPSA) is 66.8 Å². The molecule has 5 heteroatoms. The lowest BCUT2D eigenvalue weighted by molar-refractivity contribution is 0.208. The van der Waals surface area contributed by atoms with E-state index in [2.05, 4.69) is 11.1 Å². The Kier molecular flexibility index (Phi) is 4.29. The summed E-state index contributed by atoms with van der Waals surface area (Å²) in [5.74, 6) is 0.504. The monoisotopic (exact) mass is 232 g/mol. The van der Waals surface area contributed by atoms with Gasteiger partial charge in [0.15, 0.2) is 0 Å². The molecular formula is C10H17O4P. The molecule has 0 unspecified atom stereocenters. The van der Waals surface area contributed by atoms with E-state index in [1.165, 1.54) is 5.57 Å². The summed E-state index contributed by atoms with van der Waals surface area (Å²) in [7, 11) is -4.33. The molecule has 15 heavy (non-hydrogen) atoms. The summed E-state index contributed by atoms with van der Waals surface area (Å²) in [4.78, 5) is 17.1. The van der Waals surface area contributed by atoms with Crippen molar-refractivity contribution >= 4 is 7.82 Å². The van der Waals surface area contributed by atoms with Crippen molar-refractivity contribution in [3.05, 3.63) is 23.8 Å². The van der Waals surface area contributed by atoms with Crippen LogP contribution in [0.4, 0.5) is 0 Å². The normalized spacial score (nSPS) is 22.3. The molecule has 2 N–H and O–H groups in total. The van der Waals surface area contributed by atoms with Gasteiger partial charge in [-0.2, -0.15) is 0 Å². The van der Waals surface area contributed by atoms with Crippen LogP contribution in [0.5, 0.6) is 0 Å². The van der Waals surface area contributed by atoms with Crippen molar-refractivity contribution in [1.29, 1.82) is 0 Å². The smallest absolute Gasteiger partial charge is 0.303 e. The quantitative estimate of drug-likeness (QED) is 0.577. The number of allylic oxidation sites excluding steroid dienone is 2. The zero-order chi connectivity index (χ0) is 11.5. The van der Waals surface area contributed by atoms with Gasteiger partial charge in [0.1, 0.15) is 0 Å². The molecule has 1 aliphatic carbocycles. The van der Waals surface area contributed by atoms with Crippen LogP contribution < -0.4 is 0 Å². The van der Waals surface area contributed by atoms with E-state index in [9.17, 15) is 4.57 Å². The molecule has 0 saturated heterocycles. The second-order valence-electron chi connectivity index (χ2n) is 3.94. The Morgan fingerprint density at radius 2 is 2.40 bits per heavy atom. The SMILES string of the molecule is C=C(C)[C@@H]1CC=C(COP(=O)(O)O)CC1. The molecule has 0 saturated carbocycles. The number of hydrogen-bond acceptors (Lipinski definition) is 2. The fraction of sp³-hybridized carbons (Fsp3) is 0.600. The van der Waals surface area contributed by atoms with Crippen LogP contribution >= 0.6 is 7.82 Å². The molecule has 0 heterocycles. The highest BCUT2D eigenvalue weighted by molar-refractivity contribution is 7.46. The first-order chi connectivity index (χ1) is 6.88. The predicted molar refractivity (Wildman–Crippen MR) is 58.2 cm³/mol. The van der Waals surface area contributed by atoms with E-state index in [-0.39, 0.29) is 6.61 Å². The summed E-state index contributed by atoms with van der Waals surface area (Å²) in [6.45, 7) is 5.95. The highest BCUT2D eigenvalue weighted by atomic mass is 31.2. The Labute approximate surface area is 89.9 Å². The van der Waals surface area contributed by atoms with E-state index in [1.807, 2.05) is 13.0 Å². The molecule has 0 radical (unpaired) electrons. The molecule has 1 rings (SSSR count). The minimum Gasteiger partial charge on any atom is -0.303 e. The fourth-order valence-electron chi connectivity index (χ4n) is 1.63. The Morgan fingerprint density at radius 3 is 2.80 bits per heavy atom. The minimum atomic E-state index is -4.33. The molecule has 86 valence electrons. The van der Waals surface area contributed by atoms with Gasteiger partial charge < -0.3 is 9.79 Å². The highest BCUT2D eigenvalue weighted by Crippen LogP contribution is 2.37. The van der Waals surface area contributed by atoms with E-state index in [4.69, 9.17) is 9.79 Å². The van der Waals surface area contributed by atoms with Gasteiger partial charge in [-0.25, -0.2) is 4.57 Å². The second kappa shape index (κ2) is 5.08. The van der Waals surface area contributed by atoms with Crippen molar-refractivity contribution in [3.63, 3.8) is 0 Å². The molecule has 0 aromatic rings. The van der Waals surface area contributed by atoms with Crippen LogP contribution in [-0.2, 0) is 9.09 Å². The standard InChI is InChI=1S/C10H17O4P/c1-8(2)10-5-3-9(4-6-10)7-14-15(11,12)13/h3,10H,1,4-7H2,2H3,(H2,11,12,13)/t10-/m1/s1. The highest BCUT2D eigenvalue weighted by Gasteiger charge is 2.18. The molecule has 0 bridgehead atoms. The van der Waals surface area contributed by atoms with Gasteiger partial charge >= 0.3 is 7.82 Å². The van der Waals surface area contributed by atoms with Gasteiger partial charge in [-0.05, 0) is 37.7 Å². The van der Waals surface area contributed by atoms with Crippen LogP contribution in [0.15, 0.2) is 23.8 Å². The van der Waals surface area contributed by atoms with Crippen molar-refractivity contribution in [2.45, 2.75) is 26.2 Å². The molecule has 1 aliphatic rings. The van der Waals surface area contributed by atoms with E-state index >= 15 is 0 Å². The third-order valence-corrected chi connectivity index (χ3v) is 3.09. The van der Waals surface area contributed by atoms with E-state index < -0.39 is 7.82 Å². The third kappa shape index (κ3) is 4.76. The summed E-state index contributed by atoms with van der Waals surface area (Å²) in [6.07, 6.45) is 4.72. The van der Waals surface area contributed by atoms with E-state index in [0.29, 0.717) is 5.92 Å². The first kappa shape index (κ1) is 12.7. The van der Waals surface area contributed by atoms with E-state index in [0.717, 1.165) is 24.8 Å². The maximum Gasteiger partial charge on any atom is 0.469 e. The lowest BCUT2D eigenvalue weighted by Gasteiger charge is -2.22. The van der Waals surface area contributed by atoms with Crippen molar-refractivity contribution in [2.75, 3.05) is 6.61 Å². The van der Waals surface area contributed by atoms with Crippen LogP contribution in [0, 0.1) is 5.92 Å². The van der Waals surface area contributed by atoms with Crippen molar-refractivity contribution < 1.29 is 18.9 Å². The van der Waals surface area contributed by atoms with Crippen LogP contribution in [0.1, 0.15) is 26.2 Å². The van der Waals surface area contributed by atoms with Crippen LogP contribution in [0.3, 0.4) is 0 Å². The largest absolute Gasteiger partial charge is 0.469 e. The van der Waals surface area contributed by atoms with Crippen LogP contribution in [0.2, 0.25) is 0 Å². The molecular weight excluding hydrogens is 215 g/mol. The molecule has 0 aliphatic heterocycles. The number of hydrogen-bond donors (Lipinski definition) is 2. The number of rotatable bonds is 4. The lowest BCUT2D eigenvalue weighted by atomic mass is 9.86. The zero-order valence-corrected chi connectivity index (χ0v) is 9.74. The molecule has 0 fully saturated rings. The molecule has 0 spiro atoms. The van der Waals surface area contributed by atoms with Crippen molar-refractivity contribution in [3.8, 4) is 0 Å². The van der Waals surface area contributed by atoms with Gasteiger partial charge in [0.25, 0.3) is 0 Å². The lowest BCUT2D eigenvalue weighted by Crippen LogP contribution is -2.09. The first-order valence-corrected chi connectivity index (χ1v) is 6.45. The van der Waals surface area contributed by atoms with Crippen LogP contribution in [0.25, 0.3) is 0 Å². The molecule has 1 atom stereocenters. The zero-order valence-electron chi connectivity index (χ0n) is 8.85. The first-order valence-electron chi connectivity index (χ1n) is 4.92. The summed E-state index contributed by atoms with van der Waals surface area (Å²) in [6, 6.07) is 0. The number of phosphoric ester groups is 1. The summed E-state index contributed by atoms with van der Waals surface area (Å²) in [5, 5.41) is 0. The predicted octanol–water partition coefficient (Wildman–Crippen LogP) is 2.40. The second-order valence-corrected chi connectivity index (χ2v) is 5.18. The van der Waals surface area contributed by atoms with Gasteiger partial charge in [0, 0.05) is 0 Å². The van der Waals surface area contributed by atoms with Gasteiger partial charge in [-0.3, -0.25) is 4.52 Å². The van der Waals surface area contributed by atoms with Crippen molar-refractivity contribution in [1.82, 2.24) is 0 Å². The van der Waals surface area contributed by atoms with Crippen LogP contribution in [-0.4, -0.2) is 16.4 Å². The molecule has 4 nitrogen and oxygen atoms in total. The number of phosphoric acid groups is 1. The maximum atomic E-state index is 10.5. The fourth-order valence-corrected chi connectivity index (χ4v) is 1.97. The van der Waals surface area contributed by atoms with Gasteiger partial charge in [-0.1, -0.05) is 18.2 Å². The Balaban J connectivity index is 2.41. The maximum absolute atomic E-state index is 10.5. The summed E-state index contributed by atoms with van der Waals surface area (Å²) in [5.41, 5.74) is 2.14. The van der Waals surface area contributed by atoms with E-state index in [1.54, 1.807) is 0 Å². The molecule has 0 aromatic heterocycles. The average Bonchev–Trinajstić information content (AvgIpc) is 2.14. The van der Waals surface area contributed by atoms with Gasteiger partial charge in [-0.15, -0.1) is 0 Å². The third-order valence-electron chi connectivity index (χ3n) is 2.62. The molecule has 0 amide bonds. The Morgan fingerprint density at radius 1 is 1.73 bits per heavy atom.